The van der Waals surface area contributed by atoms with Crippen molar-refractivity contribution in [1.29, 1.82) is 0 Å². The molecule has 0 saturated carbocycles. The Morgan fingerprint density at radius 1 is 1.35 bits per heavy atom. The molecule has 20 heavy (non-hydrogen) atoms. The van der Waals surface area contributed by atoms with Crippen molar-refractivity contribution in [2.24, 2.45) is 0 Å². The first-order valence-corrected chi connectivity index (χ1v) is 9.09. The van der Waals surface area contributed by atoms with Crippen molar-refractivity contribution < 1.29 is 0 Å². The average Bonchev–Trinajstić information content (AvgIpc) is 2.48. The third kappa shape index (κ3) is 3.02. The van der Waals surface area contributed by atoms with Gasteiger partial charge in [0, 0.05) is 16.5 Å². The van der Waals surface area contributed by atoms with Crippen LogP contribution < -0.4 is 0 Å². The molecule has 0 bridgehead atoms. The summed E-state index contributed by atoms with van der Waals surface area (Å²) in [5.74, 6) is 1.23. The molecule has 1 aromatic heterocycles. The van der Waals surface area contributed by atoms with Crippen molar-refractivity contribution in [3.63, 3.8) is 0 Å². The summed E-state index contributed by atoms with van der Waals surface area (Å²) in [7, 11) is 0. The summed E-state index contributed by atoms with van der Waals surface area (Å²) < 4.78 is 1.24. The molecule has 1 aliphatic heterocycles. The zero-order valence-electron chi connectivity index (χ0n) is 11.5. The molecule has 3 rings (SSSR count). The third-order valence-corrected chi connectivity index (χ3v) is 7.27. The van der Waals surface area contributed by atoms with Gasteiger partial charge < -0.3 is 0 Å². The second kappa shape index (κ2) is 6.04. The lowest BCUT2D eigenvalue weighted by molar-refractivity contribution is 0.646. The number of nitrogens with zero attached hydrogens (tertiary/aromatic N) is 1. The molecule has 104 valence electrons. The number of rotatable bonds is 2. The van der Waals surface area contributed by atoms with Crippen molar-refractivity contribution >= 4 is 50.8 Å². The van der Waals surface area contributed by atoms with Crippen LogP contribution in [-0.4, -0.2) is 19.7 Å². The molecular weight excluding hydrogens is 302 g/mol. The fourth-order valence-electron chi connectivity index (χ4n) is 2.42. The minimum absolute atomic E-state index is 0.143. The summed E-state index contributed by atoms with van der Waals surface area (Å²) in [6, 6.07) is 10.4. The van der Waals surface area contributed by atoms with Gasteiger partial charge in [-0.1, -0.05) is 48.6 Å². The van der Waals surface area contributed by atoms with Crippen LogP contribution in [0.3, 0.4) is 0 Å². The Kier molecular flexibility index (Phi) is 4.34. The number of hydrogen-bond donors (Lipinski definition) is 0. The molecule has 1 atom stereocenters. The van der Waals surface area contributed by atoms with Crippen molar-refractivity contribution in [2.75, 3.05) is 5.75 Å². The Hall–Kier alpha value is -0.580. The molecule has 1 saturated heterocycles. The van der Waals surface area contributed by atoms with Gasteiger partial charge in [-0.3, -0.25) is 4.98 Å². The highest BCUT2D eigenvalue weighted by Gasteiger charge is 2.32. The average molecular weight is 320 g/mol. The van der Waals surface area contributed by atoms with Crippen LogP contribution in [0.5, 0.6) is 0 Å². The quantitative estimate of drug-likeness (QED) is 0.548. The van der Waals surface area contributed by atoms with E-state index in [2.05, 4.69) is 30.1 Å². The number of pyridine rings is 1. The first-order valence-electron chi connectivity index (χ1n) is 6.88. The van der Waals surface area contributed by atoms with Crippen LogP contribution in [-0.2, 0) is 0 Å². The summed E-state index contributed by atoms with van der Waals surface area (Å²) >= 11 is 9.43. The monoisotopic (exact) mass is 319 g/mol. The van der Waals surface area contributed by atoms with Crippen molar-refractivity contribution in [2.45, 2.75) is 35.8 Å². The van der Waals surface area contributed by atoms with E-state index in [1.165, 1.54) is 30.4 Å². The molecule has 1 unspecified atom stereocenters. The predicted molar refractivity (Wildman–Crippen MR) is 94.9 cm³/mol. The van der Waals surface area contributed by atoms with Gasteiger partial charge in [0.15, 0.2) is 0 Å². The van der Waals surface area contributed by atoms with Gasteiger partial charge in [-0.15, -0.1) is 11.8 Å². The van der Waals surface area contributed by atoms with Crippen molar-refractivity contribution in [1.82, 2.24) is 4.98 Å². The van der Waals surface area contributed by atoms with Gasteiger partial charge >= 0.3 is 0 Å². The minimum atomic E-state index is 0.143. The van der Waals surface area contributed by atoms with Gasteiger partial charge in [0.25, 0.3) is 0 Å². The maximum atomic E-state index is 5.71. The predicted octanol–water partition coefficient (Wildman–Crippen LogP) is 5.33. The summed E-state index contributed by atoms with van der Waals surface area (Å²) in [6.07, 6.45) is 5.76. The maximum Gasteiger partial charge on any atom is 0.0702 e. The molecule has 1 nitrogen and oxygen atoms in total. The summed E-state index contributed by atoms with van der Waals surface area (Å²) in [6.45, 7) is 2.29. The number of para-hydroxylation sites is 1. The van der Waals surface area contributed by atoms with E-state index in [1.54, 1.807) is 11.8 Å². The summed E-state index contributed by atoms with van der Waals surface area (Å²) in [5.41, 5.74) is 1.04. The Morgan fingerprint density at radius 2 is 2.20 bits per heavy atom. The highest BCUT2D eigenvalue weighted by Crippen LogP contribution is 2.42. The zero-order chi connectivity index (χ0) is 14.0. The second-order valence-electron chi connectivity index (χ2n) is 5.29. The van der Waals surface area contributed by atoms with E-state index in [9.17, 15) is 0 Å². The lowest BCUT2D eigenvalue weighted by atomic mass is 10.1. The zero-order valence-corrected chi connectivity index (χ0v) is 13.9. The molecule has 2 aromatic rings. The molecule has 1 fully saturated rings. The molecule has 0 spiro atoms. The van der Waals surface area contributed by atoms with Crippen molar-refractivity contribution in [3.8, 4) is 0 Å². The first-order chi connectivity index (χ1) is 9.67. The Bertz CT molecular complexity index is 632. The number of thioether (sulfide) groups is 2. The molecule has 0 radical (unpaired) electrons. The van der Waals surface area contributed by atoms with Gasteiger partial charge in [-0.2, -0.15) is 0 Å². The lowest BCUT2D eigenvalue weighted by Crippen LogP contribution is -2.31. The maximum absolute atomic E-state index is 5.71. The van der Waals surface area contributed by atoms with E-state index < -0.39 is 0 Å². The van der Waals surface area contributed by atoms with Crippen LogP contribution >= 0.6 is 35.7 Å². The van der Waals surface area contributed by atoms with Gasteiger partial charge in [-0.25, -0.2) is 0 Å². The van der Waals surface area contributed by atoms with E-state index in [0.717, 1.165) is 14.6 Å². The van der Waals surface area contributed by atoms with E-state index in [4.69, 9.17) is 12.2 Å². The van der Waals surface area contributed by atoms with Crippen LogP contribution in [0.2, 0.25) is 0 Å². The molecule has 0 aliphatic carbocycles. The number of hydrogen-bond acceptors (Lipinski definition) is 4. The first kappa shape index (κ1) is 14.4. The van der Waals surface area contributed by atoms with Crippen LogP contribution in [0.25, 0.3) is 10.9 Å². The summed E-state index contributed by atoms with van der Waals surface area (Å²) in [5, 5.41) is 1.18. The Balaban J connectivity index is 1.80. The fourth-order valence-corrected chi connectivity index (χ4v) is 5.31. The van der Waals surface area contributed by atoms with Gasteiger partial charge in [0.05, 0.1) is 14.5 Å². The second-order valence-corrected chi connectivity index (χ2v) is 8.64. The van der Waals surface area contributed by atoms with Crippen LogP contribution in [0.1, 0.15) is 26.2 Å². The minimum Gasteiger partial charge on any atom is -0.255 e. The SMILES string of the molecule is CC1(C(=S)Sc2cnc3ccccc3c2)CCCCS1. The largest absolute Gasteiger partial charge is 0.255 e. The normalized spacial score (nSPS) is 22.9. The van der Waals surface area contributed by atoms with Crippen LogP contribution in [0, 0.1) is 0 Å². The van der Waals surface area contributed by atoms with Crippen LogP contribution in [0.4, 0.5) is 0 Å². The van der Waals surface area contributed by atoms with E-state index >= 15 is 0 Å². The van der Waals surface area contributed by atoms with E-state index in [0.29, 0.717) is 0 Å². The molecule has 1 aliphatic rings. The molecule has 0 N–H and O–H groups in total. The third-order valence-electron chi connectivity index (χ3n) is 3.68. The standard InChI is InChI=1S/C16H17NS3/c1-16(8-4-5-9-19-16)15(18)20-13-10-12-6-2-3-7-14(12)17-11-13/h2-3,6-7,10-11H,4-5,8-9H2,1H3. The van der Waals surface area contributed by atoms with Crippen molar-refractivity contribution in [3.05, 3.63) is 36.5 Å². The number of thiocarbonyl (C=S) groups is 1. The fraction of sp³-hybridized carbons (Fsp3) is 0.375. The molecule has 2 heterocycles. The highest BCUT2D eigenvalue weighted by atomic mass is 32.2. The van der Waals surface area contributed by atoms with Gasteiger partial charge in [-0.05, 0) is 37.7 Å². The number of benzene rings is 1. The van der Waals surface area contributed by atoms with Gasteiger partial charge in [0.2, 0.25) is 0 Å². The molecular formula is C16H17NS3. The Labute approximate surface area is 133 Å². The van der Waals surface area contributed by atoms with E-state index in [-0.39, 0.29) is 4.75 Å². The van der Waals surface area contributed by atoms with Crippen LogP contribution in [0.15, 0.2) is 41.4 Å². The number of fused-ring (bicyclic) bond motifs is 1. The molecule has 0 amide bonds. The molecule has 1 aromatic carbocycles. The van der Waals surface area contributed by atoms with Gasteiger partial charge in [0.1, 0.15) is 0 Å². The smallest absolute Gasteiger partial charge is 0.0702 e. The topological polar surface area (TPSA) is 12.9 Å². The molecule has 4 heteroatoms. The lowest BCUT2D eigenvalue weighted by Gasteiger charge is -2.33. The van der Waals surface area contributed by atoms with E-state index in [1.807, 2.05) is 30.1 Å². The Morgan fingerprint density at radius 3 is 3.00 bits per heavy atom. The summed E-state index contributed by atoms with van der Waals surface area (Å²) in [4.78, 5) is 5.67. The number of aromatic nitrogens is 1. The highest BCUT2D eigenvalue weighted by molar-refractivity contribution is 8.25.